The number of nitrogen functional groups attached to an aromatic ring is 1. The predicted molar refractivity (Wildman–Crippen MR) is 71.7 cm³/mol. The molecule has 0 unspecified atom stereocenters. The number of hydrogen-bond donors (Lipinski definition) is 2. The van der Waals surface area contributed by atoms with Crippen LogP contribution in [0.5, 0.6) is 0 Å². The lowest BCUT2D eigenvalue weighted by Crippen LogP contribution is -2.19. The Balaban J connectivity index is 2.62. The van der Waals surface area contributed by atoms with Crippen LogP contribution in [0.1, 0.15) is 19.3 Å². The molecule has 0 fully saturated rings. The molecule has 6 nitrogen and oxygen atoms in total. The molecule has 100 valence electrons. The minimum atomic E-state index is -0.457. The summed E-state index contributed by atoms with van der Waals surface area (Å²) in [6, 6.07) is 4.50. The summed E-state index contributed by atoms with van der Waals surface area (Å²) in [7, 11) is 1.90. The van der Waals surface area contributed by atoms with Gasteiger partial charge < -0.3 is 15.7 Å². The van der Waals surface area contributed by atoms with Crippen LogP contribution in [0, 0.1) is 10.1 Å². The second kappa shape index (κ2) is 6.80. The Labute approximate surface area is 106 Å². The molecule has 18 heavy (non-hydrogen) atoms. The maximum atomic E-state index is 10.6. The molecule has 0 bridgehead atoms. The first kappa shape index (κ1) is 14.2. The number of aliphatic hydroxyl groups excluding tert-OH is 1. The van der Waals surface area contributed by atoms with Crippen LogP contribution in [0.4, 0.5) is 17.1 Å². The number of aliphatic hydroxyl groups is 1. The number of nitrogens with zero attached hydrogens (tertiary/aromatic N) is 2. The lowest BCUT2D eigenvalue weighted by Gasteiger charge is -2.20. The molecule has 1 aromatic carbocycles. The molecule has 0 aromatic heterocycles. The van der Waals surface area contributed by atoms with Crippen molar-refractivity contribution in [3.05, 3.63) is 28.3 Å². The average molecular weight is 253 g/mol. The summed E-state index contributed by atoms with van der Waals surface area (Å²) in [4.78, 5) is 12.1. The molecule has 0 atom stereocenters. The smallest absolute Gasteiger partial charge is 0.271 e. The van der Waals surface area contributed by atoms with Gasteiger partial charge in [0, 0.05) is 32.3 Å². The number of nitro groups is 1. The summed E-state index contributed by atoms with van der Waals surface area (Å²) < 4.78 is 0. The van der Waals surface area contributed by atoms with Crippen LogP contribution in [-0.4, -0.2) is 30.2 Å². The maximum absolute atomic E-state index is 10.6. The van der Waals surface area contributed by atoms with Crippen molar-refractivity contribution in [3.63, 3.8) is 0 Å². The quantitative estimate of drug-likeness (QED) is 0.334. The van der Waals surface area contributed by atoms with E-state index in [1.54, 1.807) is 6.07 Å². The first-order chi connectivity index (χ1) is 8.56. The van der Waals surface area contributed by atoms with Crippen molar-refractivity contribution in [2.24, 2.45) is 0 Å². The van der Waals surface area contributed by atoms with E-state index in [-0.39, 0.29) is 12.3 Å². The first-order valence-corrected chi connectivity index (χ1v) is 5.92. The van der Waals surface area contributed by atoms with Gasteiger partial charge in [0.15, 0.2) is 0 Å². The number of nitrogens with two attached hydrogens (primary N) is 1. The Morgan fingerprint density at radius 2 is 2.11 bits per heavy atom. The number of hydrogen-bond acceptors (Lipinski definition) is 5. The predicted octanol–water partition coefficient (Wildman–Crippen LogP) is 1.78. The lowest BCUT2D eigenvalue weighted by molar-refractivity contribution is -0.384. The second-order valence-electron chi connectivity index (χ2n) is 4.21. The molecule has 0 saturated heterocycles. The summed E-state index contributed by atoms with van der Waals surface area (Å²) in [5.74, 6) is 0. The monoisotopic (exact) mass is 253 g/mol. The molecule has 0 radical (unpaired) electrons. The number of unbranched alkanes of at least 4 members (excludes halogenated alkanes) is 2. The van der Waals surface area contributed by atoms with Gasteiger partial charge in [-0.1, -0.05) is 0 Å². The van der Waals surface area contributed by atoms with Gasteiger partial charge in [0.05, 0.1) is 16.3 Å². The van der Waals surface area contributed by atoms with Crippen molar-refractivity contribution < 1.29 is 10.0 Å². The van der Waals surface area contributed by atoms with E-state index < -0.39 is 4.92 Å². The van der Waals surface area contributed by atoms with Crippen molar-refractivity contribution >= 4 is 17.1 Å². The van der Waals surface area contributed by atoms with Gasteiger partial charge in [-0.15, -0.1) is 0 Å². The molecule has 1 aromatic rings. The fourth-order valence-corrected chi connectivity index (χ4v) is 1.76. The third kappa shape index (κ3) is 3.89. The van der Waals surface area contributed by atoms with E-state index >= 15 is 0 Å². The fraction of sp³-hybridized carbons (Fsp3) is 0.500. The number of benzene rings is 1. The molecule has 3 N–H and O–H groups in total. The highest BCUT2D eigenvalue weighted by Gasteiger charge is 2.11. The standard InChI is InChI=1S/C12H19N3O3/c1-14(7-3-2-4-8-16)12-6-5-10(15(17)18)9-11(12)13/h5-6,9,16H,2-4,7-8,13H2,1H3. The zero-order valence-corrected chi connectivity index (χ0v) is 10.5. The van der Waals surface area contributed by atoms with Crippen molar-refractivity contribution in [1.29, 1.82) is 0 Å². The number of rotatable bonds is 7. The third-order valence-electron chi connectivity index (χ3n) is 2.78. The summed E-state index contributed by atoms with van der Waals surface area (Å²) in [6.45, 7) is 1.02. The van der Waals surface area contributed by atoms with Crippen molar-refractivity contribution in [2.45, 2.75) is 19.3 Å². The van der Waals surface area contributed by atoms with Gasteiger partial charge in [-0.2, -0.15) is 0 Å². The van der Waals surface area contributed by atoms with Gasteiger partial charge in [0.2, 0.25) is 0 Å². The lowest BCUT2D eigenvalue weighted by atomic mass is 10.2. The molecule has 0 amide bonds. The molecule has 0 aliphatic heterocycles. The van der Waals surface area contributed by atoms with Crippen LogP contribution in [0.25, 0.3) is 0 Å². The molecule has 1 rings (SSSR count). The second-order valence-corrected chi connectivity index (χ2v) is 4.21. The van der Waals surface area contributed by atoms with Gasteiger partial charge in [0.25, 0.3) is 5.69 Å². The van der Waals surface area contributed by atoms with Crippen LogP contribution in [0.3, 0.4) is 0 Å². The summed E-state index contributed by atoms with van der Waals surface area (Å²) in [6.07, 6.45) is 2.70. The van der Waals surface area contributed by atoms with E-state index in [0.29, 0.717) is 5.69 Å². The van der Waals surface area contributed by atoms with E-state index in [4.69, 9.17) is 10.8 Å². The van der Waals surface area contributed by atoms with Gasteiger partial charge in [-0.25, -0.2) is 0 Å². The highest BCUT2D eigenvalue weighted by molar-refractivity contribution is 5.70. The Kier molecular flexibility index (Phi) is 5.38. The number of nitro benzene ring substituents is 1. The van der Waals surface area contributed by atoms with Gasteiger partial charge in [0.1, 0.15) is 0 Å². The topological polar surface area (TPSA) is 92.6 Å². The van der Waals surface area contributed by atoms with Crippen molar-refractivity contribution in [3.8, 4) is 0 Å². The molecular weight excluding hydrogens is 234 g/mol. The molecule has 0 aliphatic carbocycles. The van der Waals surface area contributed by atoms with Gasteiger partial charge >= 0.3 is 0 Å². The highest BCUT2D eigenvalue weighted by atomic mass is 16.6. The van der Waals surface area contributed by atoms with E-state index in [1.165, 1.54) is 12.1 Å². The zero-order chi connectivity index (χ0) is 13.5. The number of non-ortho nitro benzene ring substituents is 1. The normalized spacial score (nSPS) is 10.3. The largest absolute Gasteiger partial charge is 0.397 e. The van der Waals surface area contributed by atoms with E-state index in [1.807, 2.05) is 11.9 Å². The molecule has 6 heteroatoms. The molecule has 0 saturated carbocycles. The minimum Gasteiger partial charge on any atom is -0.397 e. The summed E-state index contributed by atoms with van der Waals surface area (Å²) >= 11 is 0. The van der Waals surface area contributed by atoms with Crippen LogP contribution in [-0.2, 0) is 0 Å². The zero-order valence-electron chi connectivity index (χ0n) is 10.5. The molecule has 0 heterocycles. The minimum absolute atomic E-state index is 0.00457. The Morgan fingerprint density at radius 3 is 2.67 bits per heavy atom. The maximum Gasteiger partial charge on any atom is 0.271 e. The van der Waals surface area contributed by atoms with Crippen LogP contribution in [0.2, 0.25) is 0 Å². The Bertz CT molecular complexity index is 410. The average Bonchev–Trinajstić information content (AvgIpc) is 2.34. The fourth-order valence-electron chi connectivity index (χ4n) is 1.76. The number of anilines is 2. The van der Waals surface area contributed by atoms with Crippen LogP contribution < -0.4 is 10.6 Å². The Hall–Kier alpha value is -1.82. The van der Waals surface area contributed by atoms with Crippen molar-refractivity contribution in [1.82, 2.24) is 0 Å². The molecule has 0 spiro atoms. The summed E-state index contributed by atoms with van der Waals surface area (Å²) in [5.41, 5.74) is 7.02. The van der Waals surface area contributed by atoms with Crippen LogP contribution >= 0.6 is 0 Å². The van der Waals surface area contributed by atoms with Crippen molar-refractivity contribution in [2.75, 3.05) is 30.8 Å². The van der Waals surface area contributed by atoms with Gasteiger partial charge in [-0.05, 0) is 25.3 Å². The van der Waals surface area contributed by atoms with E-state index in [0.717, 1.165) is 31.5 Å². The molecular formula is C12H19N3O3. The molecule has 0 aliphatic rings. The highest BCUT2D eigenvalue weighted by Crippen LogP contribution is 2.26. The SMILES string of the molecule is CN(CCCCCO)c1ccc([N+](=O)[O-])cc1N. The Morgan fingerprint density at radius 1 is 1.39 bits per heavy atom. The first-order valence-electron chi connectivity index (χ1n) is 5.92. The van der Waals surface area contributed by atoms with Gasteiger partial charge in [-0.3, -0.25) is 10.1 Å². The van der Waals surface area contributed by atoms with E-state index in [2.05, 4.69) is 0 Å². The van der Waals surface area contributed by atoms with Crippen LogP contribution in [0.15, 0.2) is 18.2 Å². The third-order valence-corrected chi connectivity index (χ3v) is 2.78. The summed E-state index contributed by atoms with van der Waals surface area (Å²) in [5, 5.41) is 19.3. The van der Waals surface area contributed by atoms with E-state index in [9.17, 15) is 10.1 Å².